The molecular formula is C15H20N4O. The summed E-state index contributed by atoms with van der Waals surface area (Å²) in [5.74, 6) is 1.21. The molecule has 0 fully saturated rings. The molecule has 0 aliphatic rings. The first kappa shape index (κ1) is 14.1. The minimum absolute atomic E-state index is 0.248. The van der Waals surface area contributed by atoms with Crippen molar-refractivity contribution < 1.29 is 4.79 Å². The highest BCUT2D eigenvalue weighted by atomic mass is 16.2. The second kappa shape index (κ2) is 6.23. The average Bonchev–Trinajstić information content (AvgIpc) is 2.86. The van der Waals surface area contributed by atoms with Crippen LogP contribution in [0.2, 0.25) is 0 Å². The molecule has 0 saturated heterocycles. The molecular weight excluding hydrogens is 252 g/mol. The third kappa shape index (κ3) is 3.38. The number of amides is 2. The van der Waals surface area contributed by atoms with E-state index in [4.69, 9.17) is 0 Å². The Morgan fingerprint density at radius 1 is 1.25 bits per heavy atom. The van der Waals surface area contributed by atoms with E-state index in [0.717, 1.165) is 5.56 Å². The van der Waals surface area contributed by atoms with Crippen LogP contribution in [0.15, 0.2) is 36.5 Å². The van der Waals surface area contributed by atoms with Crippen LogP contribution < -0.4 is 10.6 Å². The van der Waals surface area contributed by atoms with Gasteiger partial charge in [0.2, 0.25) is 0 Å². The number of aromatic nitrogens is 2. The molecule has 0 aliphatic carbocycles. The van der Waals surface area contributed by atoms with E-state index in [2.05, 4.69) is 53.8 Å². The Morgan fingerprint density at radius 3 is 2.55 bits per heavy atom. The fraction of sp³-hybridized carbons (Fsp3) is 0.333. The molecule has 0 atom stereocenters. The van der Waals surface area contributed by atoms with Crippen LogP contribution in [0.5, 0.6) is 0 Å². The molecule has 2 N–H and O–H groups in total. The number of hydrogen-bond donors (Lipinski definition) is 2. The Morgan fingerprint density at radius 2 is 1.95 bits per heavy atom. The molecule has 1 heterocycles. The van der Waals surface area contributed by atoms with Gasteiger partial charge in [0.15, 0.2) is 0 Å². The van der Waals surface area contributed by atoms with Gasteiger partial charge >= 0.3 is 6.03 Å². The fourth-order valence-corrected chi connectivity index (χ4v) is 1.92. The maximum absolute atomic E-state index is 11.3. The third-order valence-corrected chi connectivity index (χ3v) is 3.16. The molecule has 1 aromatic heterocycles. The topological polar surface area (TPSA) is 59.0 Å². The van der Waals surface area contributed by atoms with Crippen molar-refractivity contribution in [3.05, 3.63) is 47.7 Å². The summed E-state index contributed by atoms with van der Waals surface area (Å²) in [5.41, 5.74) is 2.47. The van der Waals surface area contributed by atoms with E-state index in [1.165, 1.54) is 5.56 Å². The summed E-state index contributed by atoms with van der Waals surface area (Å²) in [5, 5.41) is 9.49. The first-order valence-electron chi connectivity index (χ1n) is 6.69. The molecule has 0 spiro atoms. The lowest BCUT2D eigenvalue weighted by Crippen LogP contribution is -2.26. The summed E-state index contributed by atoms with van der Waals surface area (Å²) >= 11 is 0. The standard InChI is InChI=1S/C15H20N4O/c1-11(2)13-6-4-12(5-7-13)10-19-14(8-9-17-19)18-15(20)16-3/h4-9,11H,10H2,1-3H3,(H2,16,18,20). The monoisotopic (exact) mass is 272 g/mol. The van der Waals surface area contributed by atoms with Crippen molar-refractivity contribution >= 4 is 11.8 Å². The quantitative estimate of drug-likeness (QED) is 0.899. The minimum atomic E-state index is -0.248. The van der Waals surface area contributed by atoms with Gasteiger partial charge in [0.25, 0.3) is 0 Å². The molecule has 0 saturated carbocycles. The summed E-state index contributed by atoms with van der Waals surface area (Å²) in [6, 6.07) is 9.99. The maximum Gasteiger partial charge on any atom is 0.320 e. The predicted molar refractivity (Wildman–Crippen MR) is 79.9 cm³/mol. The van der Waals surface area contributed by atoms with E-state index in [1.807, 2.05) is 0 Å². The summed E-state index contributed by atoms with van der Waals surface area (Å²) in [6.07, 6.45) is 1.67. The fourth-order valence-electron chi connectivity index (χ4n) is 1.92. The predicted octanol–water partition coefficient (Wildman–Crippen LogP) is 2.81. The first-order valence-corrected chi connectivity index (χ1v) is 6.69. The smallest absolute Gasteiger partial charge is 0.320 e. The van der Waals surface area contributed by atoms with Gasteiger partial charge in [-0.05, 0) is 17.0 Å². The van der Waals surface area contributed by atoms with Crippen molar-refractivity contribution in [1.29, 1.82) is 0 Å². The molecule has 1 aromatic carbocycles. The van der Waals surface area contributed by atoms with Crippen molar-refractivity contribution in [3.63, 3.8) is 0 Å². The zero-order chi connectivity index (χ0) is 14.5. The van der Waals surface area contributed by atoms with Crippen LogP contribution >= 0.6 is 0 Å². The lowest BCUT2D eigenvalue weighted by Gasteiger charge is -2.10. The summed E-state index contributed by atoms with van der Waals surface area (Å²) in [4.78, 5) is 11.3. The molecule has 5 nitrogen and oxygen atoms in total. The van der Waals surface area contributed by atoms with Crippen LogP contribution in [0, 0.1) is 0 Å². The number of urea groups is 1. The summed E-state index contributed by atoms with van der Waals surface area (Å²) in [7, 11) is 1.58. The van der Waals surface area contributed by atoms with Gasteiger partial charge in [-0.15, -0.1) is 0 Å². The van der Waals surface area contributed by atoms with Gasteiger partial charge in [0.1, 0.15) is 5.82 Å². The van der Waals surface area contributed by atoms with Crippen molar-refractivity contribution in [2.45, 2.75) is 26.3 Å². The van der Waals surface area contributed by atoms with Crippen molar-refractivity contribution in [3.8, 4) is 0 Å². The third-order valence-electron chi connectivity index (χ3n) is 3.16. The van der Waals surface area contributed by atoms with E-state index in [9.17, 15) is 4.79 Å². The minimum Gasteiger partial charge on any atom is -0.341 e. The zero-order valence-electron chi connectivity index (χ0n) is 12.1. The molecule has 2 aromatic rings. The highest BCUT2D eigenvalue weighted by Crippen LogP contribution is 2.16. The maximum atomic E-state index is 11.3. The number of carbonyl (C=O) groups excluding carboxylic acids is 1. The van der Waals surface area contributed by atoms with E-state index in [1.54, 1.807) is 24.0 Å². The van der Waals surface area contributed by atoms with Crippen LogP contribution in [0.1, 0.15) is 30.9 Å². The zero-order valence-corrected chi connectivity index (χ0v) is 12.1. The Kier molecular flexibility index (Phi) is 4.40. The van der Waals surface area contributed by atoms with Crippen LogP contribution in [-0.4, -0.2) is 22.9 Å². The SMILES string of the molecule is CNC(=O)Nc1ccnn1Cc1ccc(C(C)C)cc1. The van der Waals surface area contributed by atoms with E-state index in [-0.39, 0.29) is 6.03 Å². The van der Waals surface area contributed by atoms with Crippen molar-refractivity contribution in [2.75, 3.05) is 12.4 Å². The van der Waals surface area contributed by atoms with Gasteiger partial charge in [0, 0.05) is 13.1 Å². The number of nitrogens with one attached hydrogen (secondary N) is 2. The molecule has 2 rings (SSSR count). The molecule has 0 bridgehead atoms. The molecule has 0 unspecified atom stereocenters. The summed E-state index contributed by atoms with van der Waals surface area (Å²) < 4.78 is 1.76. The van der Waals surface area contributed by atoms with Gasteiger partial charge in [-0.3, -0.25) is 5.32 Å². The van der Waals surface area contributed by atoms with Gasteiger partial charge in [-0.2, -0.15) is 5.10 Å². The molecule has 5 heteroatoms. The normalized spacial score (nSPS) is 10.6. The van der Waals surface area contributed by atoms with Gasteiger partial charge in [0.05, 0.1) is 12.7 Å². The van der Waals surface area contributed by atoms with Crippen LogP contribution in [0.3, 0.4) is 0 Å². The molecule has 106 valence electrons. The molecule has 20 heavy (non-hydrogen) atoms. The molecule has 2 amide bonds. The van der Waals surface area contributed by atoms with Crippen LogP contribution in [0.4, 0.5) is 10.6 Å². The number of nitrogens with zero attached hydrogens (tertiary/aromatic N) is 2. The number of rotatable bonds is 4. The number of anilines is 1. The Labute approximate surface area is 119 Å². The summed E-state index contributed by atoms with van der Waals surface area (Å²) in [6.45, 7) is 4.98. The van der Waals surface area contributed by atoms with Gasteiger partial charge < -0.3 is 5.32 Å². The lowest BCUT2D eigenvalue weighted by atomic mass is 10.0. The van der Waals surface area contributed by atoms with E-state index in [0.29, 0.717) is 18.3 Å². The second-order valence-corrected chi connectivity index (χ2v) is 4.97. The Hall–Kier alpha value is -2.30. The lowest BCUT2D eigenvalue weighted by molar-refractivity contribution is 0.253. The highest BCUT2D eigenvalue weighted by Gasteiger charge is 2.06. The number of carbonyl (C=O) groups is 1. The van der Waals surface area contributed by atoms with Crippen LogP contribution in [0.25, 0.3) is 0 Å². The largest absolute Gasteiger partial charge is 0.341 e. The second-order valence-electron chi connectivity index (χ2n) is 4.97. The first-order chi connectivity index (χ1) is 9.60. The highest BCUT2D eigenvalue weighted by molar-refractivity contribution is 5.87. The van der Waals surface area contributed by atoms with E-state index < -0.39 is 0 Å². The van der Waals surface area contributed by atoms with Gasteiger partial charge in [-0.1, -0.05) is 38.1 Å². The Bertz CT molecular complexity index is 572. The van der Waals surface area contributed by atoms with Crippen molar-refractivity contribution in [1.82, 2.24) is 15.1 Å². The molecule has 0 radical (unpaired) electrons. The van der Waals surface area contributed by atoms with E-state index >= 15 is 0 Å². The molecule has 0 aliphatic heterocycles. The van der Waals surface area contributed by atoms with Gasteiger partial charge in [-0.25, -0.2) is 9.48 Å². The van der Waals surface area contributed by atoms with Crippen LogP contribution in [-0.2, 0) is 6.54 Å². The number of benzene rings is 1. The Balaban J connectivity index is 2.10. The average molecular weight is 272 g/mol. The number of hydrogen-bond acceptors (Lipinski definition) is 2. The van der Waals surface area contributed by atoms with Crippen molar-refractivity contribution in [2.24, 2.45) is 0 Å².